The topological polar surface area (TPSA) is 84.6 Å². The number of nitrogens with zero attached hydrogens (tertiary/aromatic N) is 5. The minimum Gasteiger partial charge on any atom is -0.406 e. The fourth-order valence-electron chi connectivity index (χ4n) is 4.59. The third-order valence-corrected chi connectivity index (χ3v) is 7.82. The second kappa shape index (κ2) is 13.7. The summed E-state index contributed by atoms with van der Waals surface area (Å²) in [5, 5.41) is 8.40. The summed E-state index contributed by atoms with van der Waals surface area (Å²) >= 11 is 6.84. The molecule has 1 N–H and O–H groups in total. The maximum atomic E-state index is 12.8. The third kappa shape index (κ3) is 8.17. The van der Waals surface area contributed by atoms with Gasteiger partial charge in [0.05, 0.1) is 17.1 Å². The smallest absolute Gasteiger partial charge is 0.406 e. The van der Waals surface area contributed by atoms with Crippen LogP contribution in [0.15, 0.2) is 84.1 Å². The van der Waals surface area contributed by atoms with Crippen molar-refractivity contribution < 1.29 is 22.7 Å². The first-order valence-electron chi connectivity index (χ1n) is 13.9. The van der Waals surface area contributed by atoms with Crippen LogP contribution in [0.1, 0.15) is 36.5 Å². The van der Waals surface area contributed by atoms with Crippen LogP contribution in [0, 0.1) is 6.92 Å². The van der Waals surface area contributed by atoms with Gasteiger partial charge >= 0.3 is 6.36 Å². The molecule has 0 radical (unpaired) electrons. The summed E-state index contributed by atoms with van der Waals surface area (Å²) < 4.78 is 42.7. The van der Waals surface area contributed by atoms with E-state index in [1.54, 1.807) is 4.90 Å². The molecule has 232 valence electrons. The zero-order valence-corrected chi connectivity index (χ0v) is 26.2. The first-order chi connectivity index (χ1) is 21.5. The summed E-state index contributed by atoms with van der Waals surface area (Å²) in [7, 11) is 0. The largest absolute Gasteiger partial charge is 0.573 e. The number of aryl methyl sites for hydroxylation is 1. The molecule has 0 saturated carbocycles. The van der Waals surface area contributed by atoms with Gasteiger partial charge in [-0.05, 0) is 78.1 Å². The normalized spacial score (nSPS) is 14.6. The molecule has 4 aromatic rings. The van der Waals surface area contributed by atoms with Gasteiger partial charge in [0, 0.05) is 12.1 Å². The SMILES string of the molecule is Cc1ccc(C(C)C)c(N2C(=O)CS/C2=N\C(=S)NC/C=C/c2cccc(-c3ncn(-c4ccc(OC(F)(F)F)cc4)n3)c2)c1. The molecule has 13 heteroatoms. The summed E-state index contributed by atoms with van der Waals surface area (Å²) in [6.07, 6.45) is 0.564. The van der Waals surface area contributed by atoms with Crippen molar-refractivity contribution in [2.45, 2.75) is 33.1 Å². The quantitative estimate of drug-likeness (QED) is 0.201. The molecule has 5 rings (SSSR count). The molecular formula is C32H29F3N6O2S2. The van der Waals surface area contributed by atoms with E-state index in [-0.39, 0.29) is 22.7 Å². The van der Waals surface area contributed by atoms with Gasteiger partial charge < -0.3 is 10.1 Å². The molecular weight excluding hydrogens is 622 g/mol. The number of hydrogen-bond acceptors (Lipinski definition) is 6. The summed E-state index contributed by atoms with van der Waals surface area (Å²) in [4.78, 5) is 23.4. The van der Waals surface area contributed by atoms with E-state index < -0.39 is 6.36 Å². The van der Waals surface area contributed by atoms with E-state index in [1.807, 2.05) is 55.5 Å². The first kappa shape index (κ1) is 31.9. The van der Waals surface area contributed by atoms with Crippen molar-refractivity contribution in [2.24, 2.45) is 4.99 Å². The molecule has 1 aliphatic rings. The van der Waals surface area contributed by atoms with Crippen LogP contribution < -0.4 is 15.0 Å². The number of nitrogens with one attached hydrogen (secondary N) is 1. The highest BCUT2D eigenvalue weighted by atomic mass is 32.2. The van der Waals surface area contributed by atoms with E-state index in [0.717, 1.165) is 27.9 Å². The molecule has 1 amide bonds. The number of thiocarbonyl (C=S) groups is 1. The second-order valence-corrected chi connectivity index (χ2v) is 11.7. The number of thioether (sulfide) groups is 1. The molecule has 45 heavy (non-hydrogen) atoms. The van der Waals surface area contributed by atoms with Crippen molar-refractivity contribution in [1.29, 1.82) is 0 Å². The van der Waals surface area contributed by atoms with Crippen molar-refractivity contribution in [3.8, 4) is 22.8 Å². The number of halogens is 3. The second-order valence-electron chi connectivity index (χ2n) is 10.4. The van der Waals surface area contributed by atoms with Crippen molar-refractivity contribution in [3.05, 3.63) is 95.8 Å². The Morgan fingerprint density at radius 2 is 1.93 bits per heavy atom. The Morgan fingerprint density at radius 1 is 1.16 bits per heavy atom. The van der Waals surface area contributed by atoms with Crippen LogP contribution in [0.2, 0.25) is 0 Å². The van der Waals surface area contributed by atoms with Crippen molar-refractivity contribution >= 4 is 51.9 Å². The number of aromatic nitrogens is 3. The highest BCUT2D eigenvalue weighted by Crippen LogP contribution is 2.34. The minimum absolute atomic E-state index is 0.0263. The lowest BCUT2D eigenvalue weighted by Gasteiger charge is -2.22. The Morgan fingerprint density at radius 3 is 2.67 bits per heavy atom. The zero-order chi connectivity index (χ0) is 32.1. The van der Waals surface area contributed by atoms with Crippen molar-refractivity contribution in [2.75, 3.05) is 17.2 Å². The van der Waals surface area contributed by atoms with E-state index in [2.05, 4.69) is 45.0 Å². The number of aliphatic imine (C=N–C) groups is 1. The Kier molecular flexibility index (Phi) is 9.68. The molecule has 3 aromatic carbocycles. The number of anilines is 1. The van der Waals surface area contributed by atoms with Gasteiger partial charge in [-0.15, -0.1) is 18.3 Å². The summed E-state index contributed by atoms with van der Waals surface area (Å²) in [6, 6.07) is 19.1. The maximum absolute atomic E-state index is 12.8. The number of ether oxygens (including phenoxy) is 1. The number of carbonyl (C=O) groups excluding carboxylic acids is 1. The summed E-state index contributed by atoms with van der Waals surface area (Å²) in [6.45, 7) is 6.61. The Balaban J connectivity index is 1.21. The van der Waals surface area contributed by atoms with Gasteiger partial charge in [0.2, 0.25) is 5.91 Å². The Labute approximate surface area is 268 Å². The molecule has 8 nitrogen and oxygen atoms in total. The molecule has 0 bridgehead atoms. The van der Waals surface area contributed by atoms with E-state index in [0.29, 0.717) is 29.0 Å². The number of benzene rings is 3. The van der Waals surface area contributed by atoms with Gasteiger partial charge in [-0.2, -0.15) is 4.99 Å². The van der Waals surface area contributed by atoms with E-state index >= 15 is 0 Å². The standard InChI is InChI=1S/C32H29F3N6O2S2/c1-20(2)26-14-9-21(3)16-27(26)41-28(42)18-45-31(41)38-30(44)36-15-5-7-22-6-4-8-23(17-22)29-37-19-40(39-29)24-10-12-25(13-11-24)43-32(33,34)35/h4-14,16-17,19-20H,15,18H2,1-3H3,(H,36,44)/b7-5+,38-31-. The highest BCUT2D eigenvalue weighted by molar-refractivity contribution is 8.15. The molecule has 0 atom stereocenters. The molecule has 0 aliphatic carbocycles. The van der Waals surface area contributed by atoms with Gasteiger partial charge in [-0.25, -0.2) is 9.67 Å². The highest BCUT2D eigenvalue weighted by Gasteiger charge is 2.32. The lowest BCUT2D eigenvalue weighted by molar-refractivity contribution is -0.274. The van der Waals surface area contributed by atoms with Crippen LogP contribution in [0.25, 0.3) is 23.2 Å². The molecule has 1 saturated heterocycles. The predicted octanol–water partition coefficient (Wildman–Crippen LogP) is 7.29. The third-order valence-electron chi connectivity index (χ3n) is 6.66. The van der Waals surface area contributed by atoms with Crippen LogP contribution in [0.4, 0.5) is 18.9 Å². The molecule has 1 fully saturated rings. The van der Waals surface area contributed by atoms with Gasteiger partial charge in [0.25, 0.3) is 0 Å². The lowest BCUT2D eigenvalue weighted by atomic mass is 9.99. The number of alkyl halides is 3. The molecule has 2 heterocycles. The fraction of sp³-hybridized carbons (Fsp3) is 0.219. The monoisotopic (exact) mass is 650 g/mol. The van der Waals surface area contributed by atoms with Gasteiger partial charge in [0.15, 0.2) is 16.1 Å². The number of rotatable bonds is 8. The van der Waals surface area contributed by atoms with Gasteiger partial charge in [0.1, 0.15) is 12.1 Å². The van der Waals surface area contributed by atoms with Crippen LogP contribution in [0.3, 0.4) is 0 Å². The average Bonchev–Trinajstić information content (AvgIpc) is 3.62. The number of hydrogen-bond donors (Lipinski definition) is 1. The zero-order valence-electron chi connectivity index (χ0n) is 24.6. The maximum Gasteiger partial charge on any atom is 0.573 e. The van der Waals surface area contributed by atoms with Crippen LogP contribution >= 0.6 is 24.0 Å². The van der Waals surface area contributed by atoms with Crippen LogP contribution in [0.5, 0.6) is 5.75 Å². The van der Waals surface area contributed by atoms with Gasteiger partial charge in [-0.3, -0.25) is 9.69 Å². The Bertz CT molecular complexity index is 1770. The first-order valence-corrected chi connectivity index (χ1v) is 15.3. The number of amidine groups is 1. The lowest BCUT2D eigenvalue weighted by Crippen LogP contribution is -2.32. The van der Waals surface area contributed by atoms with E-state index in [4.69, 9.17) is 12.2 Å². The number of carbonyl (C=O) groups is 1. The molecule has 1 aliphatic heterocycles. The average molecular weight is 651 g/mol. The number of amides is 1. The van der Waals surface area contributed by atoms with E-state index in [1.165, 1.54) is 47.0 Å². The van der Waals surface area contributed by atoms with Gasteiger partial charge in [-0.1, -0.05) is 68.1 Å². The summed E-state index contributed by atoms with van der Waals surface area (Å²) in [5.74, 6) is 0.660. The fourth-order valence-corrected chi connectivity index (χ4v) is 5.68. The molecule has 0 spiro atoms. The van der Waals surface area contributed by atoms with Crippen molar-refractivity contribution in [1.82, 2.24) is 20.1 Å². The predicted molar refractivity (Wildman–Crippen MR) is 176 cm³/mol. The molecule has 0 unspecified atom stereocenters. The van der Waals surface area contributed by atoms with Crippen molar-refractivity contribution in [3.63, 3.8) is 0 Å². The molecule has 1 aromatic heterocycles. The minimum atomic E-state index is -4.75. The Hall–Kier alpha value is -4.49. The van der Waals surface area contributed by atoms with Crippen LogP contribution in [-0.4, -0.2) is 49.6 Å². The summed E-state index contributed by atoms with van der Waals surface area (Å²) in [5.41, 5.74) is 5.18. The van der Waals surface area contributed by atoms with Crippen LogP contribution in [-0.2, 0) is 4.79 Å². The van der Waals surface area contributed by atoms with E-state index in [9.17, 15) is 18.0 Å².